The fourth-order valence-corrected chi connectivity index (χ4v) is 6.05. The highest BCUT2D eigenvalue weighted by Crippen LogP contribution is 2.23. The van der Waals surface area contributed by atoms with E-state index in [0.717, 1.165) is 38.8 Å². The molecule has 1 heterocycles. The minimum absolute atomic E-state index is 0.504. The molecule has 0 radical (unpaired) electrons. The Hall–Kier alpha value is -0.320. The van der Waals surface area contributed by atoms with Gasteiger partial charge in [0.1, 0.15) is 0 Å². The highest BCUT2D eigenvalue weighted by atomic mass is 16.9. The second-order valence-electron chi connectivity index (χ2n) is 12.4. The SMILES string of the molecule is COC(CCCCCCCCCCCCN(CCCCCCCCCCCCC(OC)(OC)OC)CC1CO1)(OC)OC. The van der Waals surface area contributed by atoms with Gasteiger partial charge in [-0.1, -0.05) is 103 Å². The van der Waals surface area contributed by atoms with E-state index in [-0.39, 0.29) is 0 Å². The minimum Gasteiger partial charge on any atom is -0.372 e. The number of hydrogen-bond donors (Lipinski definition) is 0. The topological polar surface area (TPSA) is 71.2 Å². The average molecular weight is 618 g/mol. The van der Waals surface area contributed by atoms with E-state index in [0.29, 0.717) is 6.10 Å². The van der Waals surface area contributed by atoms with Gasteiger partial charge in [0.05, 0.1) is 12.7 Å². The maximum Gasteiger partial charge on any atom is 0.282 e. The molecule has 0 amide bonds. The third kappa shape index (κ3) is 20.4. The molecule has 0 aromatic heterocycles. The van der Waals surface area contributed by atoms with Crippen LogP contribution >= 0.6 is 0 Å². The van der Waals surface area contributed by atoms with Crippen LogP contribution in [0.25, 0.3) is 0 Å². The highest BCUT2D eigenvalue weighted by molar-refractivity contribution is 4.74. The summed E-state index contributed by atoms with van der Waals surface area (Å²) in [5, 5.41) is 0. The molecule has 1 saturated heterocycles. The van der Waals surface area contributed by atoms with Gasteiger partial charge >= 0.3 is 0 Å². The molecule has 8 heteroatoms. The van der Waals surface area contributed by atoms with Crippen LogP contribution in [0.2, 0.25) is 0 Å². The summed E-state index contributed by atoms with van der Waals surface area (Å²) in [5.41, 5.74) is 0. The zero-order valence-electron chi connectivity index (χ0n) is 29.3. The molecule has 1 rings (SSSR count). The molecule has 0 aromatic carbocycles. The van der Waals surface area contributed by atoms with Crippen molar-refractivity contribution in [2.45, 2.75) is 159 Å². The van der Waals surface area contributed by atoms with Crippen molar-refractivity contribution in [3.8, 4) is 0 Å². The molecule has 0 N–H and O–H groups in total. The van der Waals surface area contributed by atoms with E-state index in [4.69, 9.17) is 33.2 Å². The maximum absolute atomic E-state index is 5.54. The molecule has 0 spiro atoms. The van der Waals surface area contributed by atoms with Crippen LogP contribution in [-0.2, 0) is 33.2 Å². The van der Waals surface area contributed by atoms with Gasteiger partial charge in [-0.15, -0.1) is 0 Å². The predicted octanol–water partition coefficient (Wildman–Crippen LogP) is 8.46. The van der Waals surface area contributed by atoms with Crippen LogP contribution in [-0.4, -0.2) is 91.9 Å². The molecule has 0 aliphatic carbocycles. The lowest BCUT2D eigenvalue weighted by Crippen LogP contribution is -2.35. The summed E-state index contributed by atoms with van der Waals surface area (Å²) in [6.45, 7) is 4.59. The number of nitrogens with zero attached hydrogens (tertiary/aromatic N) is 1. The Balaban J connectivity index is 1.93. The van der Waals surface area contributed by atoms with Crippen LogP contribution in [0.3, 0.4) is 0 Å². The second kappa shape index (κ2) is 26.9. The molecule has 1 aliphatic rings. The molecular formula is C35H71NO7. The van der Waals surface area contributed by atoms with Gasteiger partial charge in [-0.25, -0.2) is 0 Å². The quantitative estimate of drug-likeness (QED) is 0.0405. The Bertz CT molecular complexity index is 536. The zero-order valence-corrected chi connectivity index (χ0v) is 29.3. The molecule has 0 saturated carbocycles. The molecular weight excluding hydrogens is 546 g/mol. The third-order valence-corrected chi connectivity index (χ3v) is 9.14. The van der Waals surface area contributed by atoms with Crippen LogP contribution < -0.4 is 0 Å². The van der Waals surface area contributed by atoms with Gasteiger partial charge in [0, 0.05) is 62.0 Å². The largest absolute Gasteiger partial charge is 0.372 e. The number of methoxy groups -OCH3 is 6. The molecule has 1 unspecified atom stereocenters. The van der Waals surface area contributed by atoms with Gasteiger partial charge in [-0.05, 0) is 38.8 Å². The third-order valence-electron chi connectivity index (χ3n) is 9.14. The van der Waals surface area contributed by atoms with Crippen LogP contribution in [0.15, 0.2) is 0 Å². The summed E-state index contributed by atoms with van der Waals surface area (Å²) in [7, 11) is 9.84. The van der Waals surface area contributed by atoms with E-state index >= 15 is 0 Å². The first-order valence-electron chi connectivity index (χ1n) is 17.7. The molecule has 258 valence electrons. The lowest BCUT2D eigenvalue weighted by atomic mass is 10.0. The van der Waals surface area contributed by atoms with Gasteiger partial charge in [0.25, 0.3) is 11.9 Å². The van der Waals surface area contributed by atoms with E-state index in [2.05, 4.69) is 4.90 Å². The Kier molecular flexibility index (Phi) is 25.4. The molecule has 8 nitrogen and oxygen atoms in total. The minimum atomic E-state index is -0.863. The molecule has 1 fully saturated rings. The number of rotatable bonds is 34. The Morgan fingerprint density at radius 2 is 0.698 bits per heavy atom. The summed E-state index contributed by atoms with van der Waals surface area (Å²) in [6, 6.07) is 0. The normalized spacial score (nSPS) is 15.6. The van der Waals surface area contributed by atoms with E-state index in [1.807, 2.05) is 0 Å². The van der Waals surface area contributed by atoms with Crippen LogP contribution in [0.5, 0.6) is 0 Å². The van der Waals surface area contributed by atoms with Crippen molar-refractivity contribution in [3.63, 3.8) is 0 Å². The summed E-state index contributed by atoms with van der Waals surface area (Å²) in [5.74, 6) is -1.73. The summed E-state index contributed by atoms with van der Waals surface area (Å²) in [6.07, 6.45) is 28.2. The van der Waals surface area contributed by atoms with Gasteiger partial charge in [0.2, 0.25) is 0 Å². The fourth-order valence-electron chi connectivity index (χ4n) is 6.05. The van der Waals surface area contributed by atoms with Gasteiger partial charge in [-0.2, -0.15) is 0 Å². The zero-order chi connectivity index (χ0) is 31.5. The van der Waals surface area contributed by atoms with E-state index < -0.39 is 11.9 Å². The molecule has 1 atom stereocenters. The number of hydrogen-bond acceptors (Lipinski definition) is 8. The van der Waals surface area contributed by atoms with Crippen molar-refractivity contribution < 1.29 is 33.2 Å². The Morgan fingerprint density at radius 3 is 0.953 bits per heavy atom. The maximum atomic E-state index is 5.54. The van der Waals surface area contributed by atoms with E-state index in [1.54, 1.807) is 42.7 Å². The van der Waals surface area contributed by atoms with Gasteiger partial charge in [-0.3, -0.25) is 0 Å². The first-order valence-corrected chi connectivity index (χ1v) is 17.7. The van der Waals surface area contributed by atoms with Crippen molar-refractivity contribution in [1.82, 2.24) is 4.90 Å². The van der Waals surface area contributed by atoms with Crippen molar-refractivity contribution >= 4 is 0 Å². The monoisotopic (exact) mass is 618 g/mol. The van der Waals surface area contributed by atoms with Crippen molar-refractivity contribution in [3.05, 3.63) is 0 Å². The number of ether oxygens (including phenoxy) is 7. The Morgan fingerprint density at radius 1 is 0.442 bits per heavy atom. The number of epoxide rings is 1. The van der Waals surface area contributed by atoms with E-state index in [1.165, 1.54) is 129 Å². The summed E-state index contributed by atoms with van der Waals surface area (Å²) in [4.78, 5) is 2.68. The van der Waals surface area contributed by atoms with Gasteiger partial charge < -0.3 is 38.1 Å². The first-order chi connectivity index (χ1) is 21.0. The van der Waals surface area contributed by atoms with Crippen LogP contribution in [0.1, 0.15) is 141 Å². The molecule has 1 aliphatic heterocycles. The molecule has 0 aromatic rings. The molecule has 0 bridgehead atoms. The highest BCUT2D eigenvalue weighted by Gasteiger charge is 2.29. The standard InChI is InChI=1S/C35H71NO7/c1-37-34(38-2,39-3)27-23-19-15-11-7-9-13-17-21-25-29-36(31-33-32-43-33)30-26-22-18-14-10-8-12-16-20-24-28-35(40-4,41-5)42-6/h33H,7-32H2,1-6H3. The Labute approximate surface area is 266 Å². The lowest BCUT2D eigenvalue weighted by molar-refractivity contribution is -0.355. The molecule has 43 heavy (non-hydrogen) atoms. The predicted molar refractivity (Wildman–Crippen MR) is 175 cm³/mol. The summed E-state index contributed by atoms with van der Waals surface area (Å²) >= 11 is 0. The first kappa shape index (κ1) is 40.7. The van der Waals surface area contributed by atoms with Crippen LogP contribution in [0, 0.1) is 0 Å². The smallest absolute Gasteiger partial charge is 0.282 e. The fraction of sp³-hybridized carbons (Fsp3) is 1.00. The lowest BCUT2D eigenvalue weighted by Gasteiger charge is -2.28. The van der Waals surface area contributed by atoms with Gasteiger partial charge in [0.15, 0.2) is 0 Å². The second-order valence-corrected chi connectivity index (χ2v) is 12.4. The van der Waals surface area contributed by atoms with Crippen molar-refractivity contribution in [1.29, 1.82) is 0 Å². The number of unbranched alkanes of at least 4 members (excludes halogenated alkanes) is 18. The summed E-state index contributed by atoms with van der Waals surface area (Å²) < 4.78 is 37.8. The van der Waals surface area contributed by atoms with Crippen LogP contribution in [0.4, 0.5) is 0 Å². The van der Waals surface area contributed by atoms with Crippen molar-refractivity contribution in [2.75, 3.05) is 68.9 Å². The van der Waals surface area contributed by atoms with E-state index in [9.17, 15) is 0 Å². The van der Waals surface area contributed by atoms with Crippen molar-refractivity contribution in [2.24, 2.45) is 0 Å². The average Bonchev–Trinajstić information content (AvgIpc) is 3.86.